The monoisotopic (exact) mass is 379 g/mol. The van der Waals surface area contributed by atoms with Gasteiger partial charge in [0.1, 0.15) is 11.4 Å². The molecule has 1 aromatic carbocycles. The Labute approximate surface area is 152 Å². The molecule has 0 unspecified atom stereocenters. The number of methoxy groups -OCH3 is 1. The van der Waals surface area contributed by atoms with Crippen LogP contribution in [0.15, 0.2) is 40.4 Å². The Morgan fingerprint density at radius 1 is 1.38 bits per heavy atom. The van der Waals surface area contributed by atoms with Crippen LogP contribution in [0.25, 0.3) is 0 Å². The van der Waals surface area contributed by atoms with E-state index in [-0.39, 0.29) is 17.5 Å². The van der Waals surface area contributed by atoms with Gasteiger partial charge in [-0.1, -0.05) is 0 Å². The van der Waals surface area contributed by atoms with Crippen molar-refractivity contribution in [3.63, 3.8) is 0 Å². The summed E-state index contributed by atoms with van der Waals surface area (Å²) in [6.07, 6.45) is 3.28. The van der Waals surface area contributed by atoms with Crippen molar-refractivity contribution in [1.82, 2.24) is 9.62 Å². The molecule has 1 saturated heterocycles. The Morgan fingerprint density at radius 2 is 2.12 bits per heavy atom. The van der Waals surface area contributed by atoms with Gasteiger partial charge in [0, 0.05) is 25.8 Å². The maximum Gasteiger partial charge on any atom is 0.345 e. The van der Waals surface area contributed by atoms with Crippen molar-refractivity contribution in [3.05, 3.63) is 41.6 Å². The fourth-order valence-corrected chi connectivity index (χ4v) is 3.68. The summed E-state index contributed by atoms with van der Waals surface area (Å²) in [5, 5.41) is 2.74. The van der Waals surface area contributed by atoms with Gasteiger partial charge in [0.2, 0.25) is 0 Å². The second-order valence-corrected chi connectivity index (χ2v) is 7.65. The molecule has 0 saturated carbocycles. The van der Waals surface area contributed by atoms with Gasteiger partial charge in [0.05, 0.1) is 18.9 Å². The highest BCUT2D eigenvalue weighted by Gasteiger charge is 2.30. The largest absolute Gasteiger partial charge is 0.497 e. The van der Waals surface area contributed by atoms with Crippen molar-refractivity contribution >= 4 is 21.8 Å². The maximum atomic E-state index is 12.5. The van der Waals surface area contributed by atoms with E-state index in [0.717, 1.165) is 17.1 Å². The number of nitrogens with zero attached hydrogens (tertiary/aromatic N) is 2. The highest BCUT2D eigenvalue weighted by atomic mass is 32.2. The van der Waals surface area contributed by atoms with Gasteiger partial charge in [0.15, 0.2) is 0 Å². The second-order valence-electron chi connectivity index (χ2n) is 6.02. The number of ether oxygens (including phenoxy) is 2. The van der Waals surface area contributed by atoms with Gasteiger partial charge in [-0.15, -0.1) is 4.40 Å². The van der Waals surface area contributed by atoms with Gasteiger partial charge in [-0.25, -0.2) is 4.31 Å². The van der Waals surface area contributed by atoms with E-state index in [1.165, 1.54) is 13.1 Å². The average molecular weight is 379 g/mol. The van der Waals surface area contributed by atoms with Gasteiger partial charge in [-0.05, 0) is 43.2 Å². The lowest BCUT2D eigenvalue weighted by Gasteiger charge is -2.24. The van der Waals surface area contributed by atoms with Crippen LogP contribution in [0, 0.1) is 0 Å². The number of hydrogen-bond donors (Lipinski definition) is 1. The summed E-state index contributed by atoms with van der Waals surface area (Å²) in [5.74, 6) is 0.163. The highest BCUT2D eigenvalue weighted by molar-refractivity contribution is 7.88. The number of nitrogens with one attached hydrogen (secondary N) is 1. The first-order chi connectivity index (χ1) is 12.4. The minimum Gasteiger partial charge on any atom is -0.497 e. The molecule has 140 valence electrons. The summed E-state index contributed by atoms with van der Waals surface area (Å²) >= 11 is 0. The Hall–Kier alpha value is -2.39. The molecule has 2 aliphatic heterocycles. The van der Waals surface area contributed by atoms with Crippen LogP contribution in [0.5, 0.6) is 5.75 Å². The van der Waals surface area contributed by atoms with E-state index in [1.54, 1.807) is 31.4 Å². The molecule has 0 radical (unpaired) electrons. The zero-order valence-electron chi connectivity index (χ0n) is 14.6. The number of likely N-dealkylation sites (N-methyl/N-ethyl adjacent to an activating group) is 1. The van der Waals surface area contributed by atoms with Crippen molar-refractivity contribution in [2.45, 2.75) is 18.9 Å². The van der Waals surface area contributed by atoms with E-state index in [9.17, 15) is 13.2 Å². The van der Waals surface area contributed by atoms with E-state index in [2.05, 4.69) is 9.71 Å². The van der Waals surface area contributed by atoms with Gasteiger partial charge in [-0.3, -0.25) is 4.79 Å². The number of carbonyl (C=O) groups excluding carboxylic acids is 1. The number of rotatable bonds is 5. The van der Waals surface area contributed by atoms with Crippen molar-refractivity contribution in [2.24, 2.45) is 4.40 Å². The van der Waals surface area contributed by atoms with Gasteiger partial charge in [-0.2, -0.15) is 8.42 Å². The minimum atomic E-state index is -3.98. The quantitative estimate of drug-likeness (QED) is 0.818. The fraction of sp³-hybridized carbons (Fsp3) is 0.412. The topological polar surface area (TPSA) is 97.3 Å². The highest BCUT2D eigenvalue weighted by Crippen LogP contribution is 2.21. The van der Waals surface area contributed by atoms with Crippen LogP contribution >= 0.6 is 0 Å². The van der Waals surface area contributed by atoms with Crippen LogP contribution in [0.3, 0.4) is 0 Å². The molecule has 9 heteroatoms. The number of hydrogen-bond acceptors (Lipinski definition) is 5. The molecule has 0 bridgehead atoms. The molecular weight excluding hydrogens is 358 g/mol. The Kier molecular flexibility index (Phi) is 5.28. The Balaban J connectivity index is 1.83. The standard InChI is InChI=1S/C17H21N3O5S/c1-20-16(17(21)18-11-14-4-3-9-25-14)10-15(19-26(20,22)23)12-5-7-13(24-2)8-6-12/h5-8,10,14H,3-4,9,11H2,1-2H3,(H,18,21)/t14-/m0/s1. The summed E-state index contributed by atoms with van der Waals surface area (Å²) in [4.78, 5) is 12.5. The molecule has 1 aromatic rings. The van der Waals surface area contributed by atoms with Crippen molar-refractivity contribution in [3.8, 4) is 5.75 Å². The van der Waals surface area contributed by atoms with Crippen molar-refractivity contribution in [1.29, 1.82) is 0 Å². The van der Waals surface area contributed by atoms with Crippen LogP contribution in [0.4, 0.5) is 0 Å². The molecule has 1 atom stereocenters. The number of carbonyl (C=O) groups is 1. The predicted octanol–water partition coefficient (Wildman–Crippen LogP) is 0.854. The van der Waals surface area contributed by atoms with E-state index in [1.807, 2.05) is 0 Å². The number of amides is 1. The number of benzene rings is 1. The van der Waals surface area contributed by atoms with E-state index < -0.39 is 16.1 Å². The summed E-state index contributed by atoms with van der Waals surface area (Å²) in [5.41, 5.74) is 0.795. The molecular formula is C17H21N3O5S. The van der Waals surface area contributed by atoms with Gasteiger partial charge >= 0.3 is 10.2 Å². The third-order valence-corrected chi connectivity index (χ3v) is 5.62. The van der Waals surface area contributed by atoms with Crippen molar-refractivity contribution < 1.29 is 22.7 Å². The van der Waals surface area contributed by atoms with Crippen molar-refractivity contribution in [2.75, 3.05) is 27.3 Å². The van der Waals surface area contributed by atoms with E-state index >= 15 is 0 Å². The summed E-state index contributed by atoms with van der Waals surface area (Å²) in [6.45, 7) is 1.03. The number of allylic oxidation sites excluding steroid dienone is 1. The molecule has 0 aromatic heterocycles. The van der Waals surface area contributed by atoms with Crippen LogP contribution in [-0.2, 0) is 19.7 Å². The molecule has 2 aliphatic rings. The van der Waals surface area contributed by atoms with E-state index in [0.29, 0.717) is 24.5 Å². The summed E-state index contributed by atoms with van der Waals surface area (Å²) in [7, 11) is -1.13. The predicted molar refractivity (Wildman–Crippen MR) is 96.3 cm³/mol. The van der Waals surface area contributed by atoms with Crippen LogP contribution in [0.1, 0.15) is 18.4 Å². The third-order valence-electron chi connectivity index (χ3n) is 4.31. The first kappa shape index (κ1) is 18.4. The smallest absolute Gasteiger partial charge is 0.345 e. The third kappa shape index (κ3) is 3.88. The molecule has 8 nitrogen and oxygen atoms in total. The van der Waals surface area contributed by atoms with Crippen LogP contribution in [-0.4, -0.2) is 57.8 Å². The average Bonchev–Trinajstić information content (AvgIpc) is 3.15. The van der Waals surface area contributed by atoms with Gasteiger partial charge in [0.25, 0.3) is 5.91 Å². The molecule has 0 spiro atoms. The molecule has 1 N–H and O–H groups in total. The van der Waals surface area contributed by atoms with Crippen LogP contribution < -0.4 is 10.1 Å². The lowest BCUT2D eigenvalue weighted by Crippen LogP contribution is -2.40. The minimum absolute atomic E-state index is 0.0174. The fourth-order valence-electron chi connectivity index (χ4n) is 2.77. The van der Waals surface area contributed by atoms with Gasteiger partial charge < -0.3 is 14.8 Å². The maximum absolute atomic E-state index is 12.5. The summed E-state index contributed by atoms with van der Waals surface area (Å²) in [6, 6.07) is 6.79. The summed E-state index contributed by atoms with van der Waals surface area (Å²) < 4.78 is 39.9. The SMILES string of the molecule is COc1ccc(C2=NS(=O)(=O)N(C)C(C(=O)NC[C@@H]3CCCO3)=C2)cc1. The molecule has 0 aliphatic carbocycles. The zero-order chi connectivity index (χ0) is 18.7. The Bertz CT molecular complexity index is 840. The molecule has 3 rings (SSSR count). The van der Waals surface area contributed by atoms with Crippen LogP contribution in [0.2, 0.25) is 0 Å². The molecule has 1 fully saturated rings. The molecule has 26 heavy (non-hydrogen) atoms. The normalized spacial score (nSPS) is 21.8. The Morgan fingerprint density at radius 3 is 2.73 bits per heavy atom. The zero-order valence-corrected chi connectivity index (χ0v) is 15.5. The lowest BCUT2D eigenvalue weighted by molar-refractivity contribution is -0.118. The van der Waals surface area contributed by atoms with E-state index in [4.69, 9.17) is 9.47 Å². The first-order valence-electron chi connectivity index (χ1n) is 8.25. The second kappa shape index (κ2) is 7.46. The lowest BCUT2D eigenvalue weighted by atomic mass is 10.1. The molecule has 1 amide bonds. The molecule has 2 heterocycles. The first-order valence-corrected chi connectivity index (χ1v) is 9.65.